The summed E-state index contributed by atoms with van der Waals surface area (Å²) in [6.07, 6.45) is -4.14. The number of esters is 1. The molecule has 0 aliphatic heterocycles. The first-order chi connectivity index (χ1) is 16.2. The van der Waals surface area contributed by atoms with Gasteiger partial charge in [0.05, 0.1) is 18.5 Å². The van der Waals surface area contributed by atoms with Gasteiger partial charge in [-0.2, -0.15) is 8.42 Å². The molecule has 0 saturated carbocycles. The molecule has 196 valence electrons. The van der Waals surface area contributed by atoms with E-state index in [-0.39, 0.29) is 25.3 Å². The normalized spacial score (nSPS) is 13.9. The minimum absolute atomic E-state index is 0.0417. The lowest BCUT2D eigenvalue weighted by Crippen LogP contribution is -2.47. The van der Waals surface area contributed by atoms with Gasteiger partial charge in [0.2, 0.25) is 5.91 Å². The molecule has 14 heteroatoms. The summed E-state index contributed by atoms with van der Waals surface area (Å²) < 4.78 is 52.1. The molecule has 0 saturated heterocycles. The zero-order valence-corrected chi connectivity index (χ0v) is 21.4. The van der Waals surface area contributed by atoms with Crippen molar-refractivity contribution in [1.82, 2.24) is 5.32 Å². The number of carboxylic acid groups (broad SMARTS) is 1. The van der Waals surface area contributed by atoms with Gasteiger partial charge in [0.15, 0.2) is 11.9 Å². The monoisotopic (exact) mass is 536 g/mol. The van der Waals surface area contributed by atoms with E-state index in [1.54, 1.807) is 30.3 Å². The van der Waals surface area contributed by atoms with E-state index in [1.165, 1.54) is 20.8 Å². The molecule has 1 rings (SSSR count). The zero-order valence-electron chi connectivity index (χ0n) is 19.7. The Morgan fingerprint density at radius 2 is 1.80 bits per heavy atom. The maximum Gasteiger partial charge on any atom is 0.568 e. The van der Waals surface area contributed by atoms with Gasteiger partial charge < -0.3 is 20.3 Å². The Kier molecular flexibility index (Phi) is 12.2. The van der Waals surface area contributed by atoms with Gasteiger partial charge in [0.1, 0.15) is 0 Å². The van der Waals surface area contributed by atoms with Crippen molar-refractivity contribution >= 4 is 36.0 Å². The van der Waals surface area contributed by atoms with Crippen LogP contribution in [0.2, 0.25) is 0 Å². The Hall–Kier alpha value is -2.60. The van der Waals surface area contributed by atoms with Crippen LogP contribution in [0.15, 0.2) is 30.3 Å². The molecule has 1 aromatic carbocycles. The van der Waals surface area contributed by atoms with Crippen LogP contribution in [0.25, 0.3) is 0 Å². The van der Waals surface area contributed by atoms with Crippen molar-refractivity contribution in [2.24, 2.45) is 5.41 Å². The van der Waals surface area contributed by atoms with Gasteiger partial charge >= 0.3 is 20.0 Å². The fourth-order valence-electron chi connectivity index (χ4n) is 2.84. The molecular weight excluding hydrogens is 505 g/mol. The number of amides is 1. The Balaban J connectivity index is 2.74. The predicted octanol–water partition coefficient (Wildman–Crippen LogP) is 1.45. The molecule has 0 aliphatic carbocycles. The summed E-state index contributed by atoms with van der Waals surface area (Å²) in [5.41, 5.74) is -1.59. The topological polar surface area (TPSA) is 183 Å². The molecule has 35 heavy (non-hydrogen) atoms. The number of hydrogen-bond acceptors (Lipinski definition) is 10. The number of aliphatic carboxylic acids is 1. The molecule has 0 spiro atoms. The fourth-order valence-corrected chi connectivity index (χ4v) is 4.85. The SMILES string of the molecule is CC(=O)NCCCS(=O)(=O)OC(CCOC(=O)C[P+](=O)Oc1ccccc1)C(C)(C)[C@@H](O)C(=O)O. The van der Waals surface area contributed by atoms with E-state index >= 15 is 0 Å². The molecule has 3 atom stereocenters. The molecule has 0 heterocycles. The van der Waals surface area contributed by atoms with Crippen molar-refractivity contribution in [3.05, 3.63) is 30.3 Å². The smallest absolute Gasteiger partial charge is 0.479 e. The van der Waals surface area contributed by atoms with Crippen LogP contribution in [0.1, 0.15) is 33.6 Å². The van der Waals surface area contributed by atoms with Crippen molar-refractivity contribution in [3.63, 3.8) is 0 Å². The summed E-state index contributed by atoms with van der Waals surface area (Å²) in [4.78, 5) is 34.2. The number of ether oxygens (including phenoxy) is 1. The number of nitrogens with one attached hydrogen (secondary N) is 1. The van der Waals surface area contributed by atoms with E-state index in [9.17, 15) is 37.6 Å². The molecule has 3 N–H and O–H groups in total. The quantitative estimate of drug-likeness (QED) is 0.120. The van der Waals surface area contributed by atoms with Crippen molar-refractivity contribution in [2.75, 3.05) is 25.1 Å². The number of hydrogen-bond donors (Lipinski definition) is 3. The van der Waals surface area contributed by atoms with Gasteiger partial charge in [-0.25, -0.2) is 9.59 Å². The van der Waals surface area contributed by atoms with E-state index in [1.807, 2.05) is 0 Å². The number of aliphatic hydroxyl groups is 1. The molecule has 0 fully saturated rings. The largest absolute Gasteiger partial charge is 0.568 e. The Morgan fingerprint density at radius 1 is 1.17 bits per heavy atom. The van der Waals surface area contributed by atoms with Gasteiger partial charge in [-0.15, -0.1) is 0 Å². The van der Waals surface area contributed by atoms with Crippen LogP contribution in [0.4, 0.5) is 0 Å². The first kappa shape index (κ1) is 30.4. The summed E-state index contributed by atoms with van der Waals surface area (Å²) in [7, 11) is -6.59. The molecule has 0 aromatic heterocycles. The predicted molar refractivity (Wildman–Crippen MR) is 125 cm³/mol. The van der Waals surface area contributed by atoms with Gasteiger partial charge in [-0.3, -0.25) is 13.5 Å². The van der Waals surface area contributed by atoms with Crippen molar-refractivity contribution in [1.29, 1.82) is 0 Å². The van der Waals surface area contributed by atoms with Crippen LogP contribution in [0.5, 0.6) is 5.75 Å². The van der Waals surface area contributed by atoms with E-state index in [0.717, 1.165) is 0 Å². The first-order valence-electron chi connectivity index (χ1n) is 10.6. The lowest BCUT2D eigenvalue weighted by molar-refractivity contribution is -0.159. The number of aliphatic hydroxyl groups excluding tert-OH is 1. The fraction of sp³-hybridized carbons (Fsp3) is 0.571. The molecule has 1 aromatic rings. The maximum absolute atomic E-state index is 12.4. The highest BCUT2D eigenvalue weighted by Crippen LogP contribution is 2.32. The highest BCUT2D eigenvalue weighted by Gasteiger charge is 2.43. The van der Waals surface area contributed by atoms with Crippen LogP contribution >= 0.6 is 8.03 Å². The summed E-state index contributed by atoms with van der Waals surface area (Å²) >= 11 is 0. The second-order valence-corrected chi connectivity index (χ2v) is 11.0. The van der Waals surface area contributed by atoms with E-state index in [0.29, 0.717) is 5.75 Å². The second-order valence-electron chi connectivity index (χ2n) is 8.15. The number of rotatable bonds is 16. The third-order valence-electron chi connectivity index (χ3n) is 4.83. The summed E-state index contributed by atoms with van der Waals surface area (Å²) in [5, 5.41) is 21.7. The van der Waals surface area contributed by atoms with Crippen molar-refractivity contribution in [2.45, 2.75) is 45.8 Å². The minimum Gasteiger partial charge on any atom is -0.479 e. The molecular formula is C21H31NO11PS+. The number of carboxylic acids is 1. The Labute approximate surface area is 204 Å². The van der Waals surface area contributed by atoms with Crippen LogP contribution < -0.4 is 9.84 Å². The summed E-state index contributed by atoms with van der Waals surface area (Å²) in [6, 6.07) is 8.19. The standard InChI is InChI=1S/C21H30NO11PS/c1-15(23)22-11-7-13-35(29,30)33-17(21(2,3)19(25)20(26)27)10-12-31-18(24)14-34(28)32-16-8-5-4-6-9-16/h4-6,8-9,17,19,25H,7,10-14H2,1-3H3,(H-,22,23,26,27)/p+1/t17?,19-/m0/s1. The number of carbonyl (C=O) groups is 3. The molecule has 12 nitrogen and oxygen atoms in total. The van der Waals surface area contributed by atoms with Crippen molar-refractivity contribution in [3.8, 4) is 5.75 Å². The third-order valence-corrected chi connectivity index (χ3v) is 7.07. The second kappa shape index (κ2) is 14.1. The molecule has 0 radical (unpaired) electrons. The molecule has 2 unspecified atom stereocenters. The van der Waals surface area contributed by atoms with Gasteiger partial charge in [0.25, 0.3) is 16.3 Å². The van der Waals surface area contributed by atoms with Gasteiger partial charge in [0, 0.05) is 25.3 Å². The van der Waals surface area contributed by atoms with Crippen LogP contribution in [-0.4, -0.2) is 73.8 Å². The average molecular weight is 537 g/mol. The van der Waals surface area contributed by atoms with Crippen LogP contribution in [0.3, 0.4) is 0 Å². The number of benzene rings is 1. The van der Waals surface area contributed by atoms with Gasteiger partial charge in [-0.1, -0.05) is 32.0 Å². The zero-order chi connectivity index (χ0) is 26.6. The van der Waals surface area contributed by atoms with Crippen molar-refractivity contribution < 1.29 is 51.0 Å². The summed E-state index contributed by atoms with van der Waals surface area (Å²) in [5.74, 6) is -2.96. The average Bonchev–Trinajstić information content (AvgIpc) is 2.75. The number of para-hydroxylation sites is 1. The van der Waals surface area contributed by atoms with Crippen LogP contribution in [-0.2, 0) is 38.0 Å². The Morgan fingerprint density at radius 3 is 2.37 bits per heavy atom. The highest BCUT2D eigenvalue weighted by atomic mass is 32.2. The molecule has 0 aliphatic rings. The lowest BCUT2D eigenvalue weighted by Gasteiger charge is -2.35. The number of carbonyl (C=O) groups excluding carboxylic acids is 2. The van der Waals surface area contributed by atoms with E-state index < -0.39 is 66.2 Å². The van der Waals surface area contributed by atoms with E-state index in [4.69, 9.17) is 13.4 Å². The molecule has 1 amide bonds. The highest BCUT2D eigenvalue weighted by molar-refractivity contribution is 7.86. The Bertz CT molecular complexity index is 982. The maximum atomic E-state index is 12.4. The summed E-state index contributed by atoms with van der Waals surface area (Å²) in [6.45, 7) is 3.58. The van der Waals surface area contributed by atoms with Gasteiger partial charge in [-0.05, 0) is 23.1 Å². The minimum atomic E-state index is -4.19. The third kappa shape index (κ3) is 11.6. The molecule has 0 bridgehead atoms. The lowest BCUT2D eigenvalue weighted by atomic mass is 9.79. The van der Waals surface area contributed by atoms with Crippen LogP contribution in [0, 0.1) is 5.41 Å². The van der Waals surface area contributed by atoms with E-state index in [2.05, 4.69) is 5.32 Å². The first-order valence-corrected chi connectivity index (χ1v) is 13.6.